The lowest BCUT2D eigenvalue weighted by Gasteiger charge is -2.07. The minimum absolute atomic E-state index is 0.740. The van der Waals surface area contributed by atoms with E-state index in [1.54, 1.807) is 17.6 Å². The van der Waals surface area contributed by atoms with Crippen LogP contribution in [-0.2, 0) is 6.54 Å². The number of aromatic nitrogens is 3. The van der Waals surface area contributed by atoms with Gasteiger partial charge in [-0.3, -0.25) is 5.43 Å². The Hall–Kier alpha value is -3.51. The van der Waals surface area contributed by atoms with Crippen molar-refractivity contribution in [2.45, 2.75) is 6.54 Å². The fourth-order valence-electron chi connectivity index (χ4n) is 3.19. The summed E-state index contributed by atoms with van der Waals surface area (Å²) >= 11 is 1.58. The van der Waals surface area contributed by atoms with Crippen LogP contribution in [0.5, 0.6) is 0 Å². The molecule has 3 aromatic carbocycles. The zero-order valence-electron chi connectivity index (χ0n) is 15.0. The Kier molecular flexibility index (Phi) is 4.31. The molecule has 5 rings (SSSR count). The van der Waals surface area contributed by atoms with Crippen LogP contribution in [0, 0.1) is 0 Å². The molecule has 28 heavy (non-hydrogen) atoms. The SMILES string of the molecule is C(=N\Nc1nc2ccccc2s1)/c1nc2ccccc2n1Cc1ccccc1. The molecule has 0 fully saturated rings. The van der Waals surface area contributed by atoms with Gasteiger partial charge in [-0.15, -0.1) is 0 Å². The van der Waals surface area contributed by atoms with Gasteiger partial charge < -0.3 is 4.57 Å². The Bertz CT molecular complexity index is 1240. The number of benzene rings is 3. The first-order chi connectivity index (χ1) is 13.9. The fourth-order valence-corrected chi connectivity index (χ4v) is 4.01. The molecule has 0 saturated heterocycles. The first kappa shape index (κ1) is 16.6. The summed E-state index contributed by atoms with van der Waals surface area (Å²) in [6, 6.07) is 26.6. The Labute approximate surface area is 166 Å². The summed E-state index contributed by atoms with van der Waals surface area (Å²) < 4.78 is 3.31. The molecule has 0 aliphatic rings. The van der Waals surface area contributed by atoms with Gasteiger partial charge in [0.05, 0.1) is 27.5 Å². The molecule has 0 amide bonds. The topological polar surface area (TPSA) is 55.1 Å². The Morgan fingerprint density at radius 1 is 0.857 bits per heavy atom. The van der Waals surface area contributed by atoms with Crippen LogP contribution in [0.25, 0.3) is 21.3 Å². The molecule has 0 aliphatic heterocycles. The number of nitrogens with zero attached hydrogens (tertiary/aromatic N) is 4. The van der Waals surface area contributed by atoms with Crippen LogP contribution in [0.15, 0.2) is 84.0 Å². The van der Waals surface area contributed by atoms with Gasteiger partial charge in [0.2, 0.25) is 5.13 Å². The second-order valence-electron chi connectivity index (χ2n) is 6.39. The zero-order valence-corrected chi connectivity index (χ0v) is 15.8. The summed E-state index contributed by atoms with van der Waals surface area (Å²) in [6.07, 6.45) is 1.76. The van der Waals surface area contributed by atoms with E-state index in [-0.39, 0.29) is 0 Å². The highest BCUT2D eigenvalue weighted by Gasteiger charge is 2.09. The van der Waals surface area contributed by atoms with E-state index in [4.69, 9.17) is 4.98 Å². The van der Waals surface area contributed by atoms with Crippen LogP contribution in [-0.4, -0.2) is 20.7 Å². The molecule has 0 unspecified atom stereocenters. The van der Waals surface area contributed by atoms with Crippen molar-refractivity contribution < 1.29 is 0 Å². The Balaban J connectivity index is 1.45. The van der Waals surface area contributed by atoms with E-state index < -0.39 is 0 Å². The maximum absolute atomic E-state index is 4.74. The summed E-state index contributed by atoms with van der Waals surface area (Å²) in [5.74, 6) is 0.804. The average molecular weight is 383 g/mol. The number of rotatable bonds is 5. The number of nitrogens with one attached hydrogen (secondary N) is 1. The minimum atomic E-state index is 0.740. The first-order valence-corrected chi connectivity index (χ1v) is 9.82. The van der Waals surface area contributed by atoms with Crippen molar-refractivity contribution in [1.82, 2.24) is 14.5 Å². The van der Waals surface area contributed by atoms with E-state index in [0.29, 0.717) is 0 Å². The molecule has 6 heteroatoms. The number of thiazole rings is 1. The third kappa shape index (κ3) is 3.25. The van der Waals surface area contributed by atoms with Crippen molar-refractivity contribution in [3.63, 3.8) is 0 Å². The lowest BCUT2D eigenvalue weighted by atomic mass is 10.2. The van der Waals surface area contributed by atoms with E-state index in [2.05, 4.69) is 56.5 Å². The van der Waals surface area contributed by atoms with Crippen LogP contribution < -0.4 is 5.43 Å². The Morgan fingerprint density at radius 2 is 1.61 bits per heavy atom. The quantitative estimate of drug-likeness (QED) is 0.338. The molecule has 136 valence electrons. The summed E-state index contributed by atoms with van der Waals surface area (Å²) in [6.45, 7) is 0.740. The van der Waals surface area contributed by atoms with Crippen molar-refractivity contribution in [1.29, 1.82) is 0 Å². The molecule has 0 aliphatic carbocycles. The van der Waals surface area contributed by atoms with Crippen LogP contribution >= 0.6 is 11.3 Å². The second kappa shape index (κ2) is 7.25. The largest absolute Gasteiger partial charge is 0.319 e. The smallest absolute Gasteiger partial charge is 0.204 e. The molecule has 5 aromatic rings. The second-order valence-corrected chi connectivity index (χ2v) is 7.42. The van der Waals surface area contributed by atoms with Gasteiger partial charge in [0.25, 0.3) is 0 Å². The van der Waals surface area contributed by atoms with Crippen molar-refractivity contribution in [3.8, 4) is 0 Å². The highest BCUT2D eigenvalue weighted by Crippen LogP contribution is 2.25. The van der Waals surface area contributed by atoms with Crippen LogP contribution in [0.4, 0.5) is 5.13 Å². The van der Waals surface area contributed by atoms with Gasteiger partial charge >= 0.3 is 0 Å². The van der Waals surface area contributed by atoms with Crippen LogP contribution in [0.3, 0.4) is 0 Å². The van der Waals surface area contributed by atoms with E-state index >= 15 is 0 Å². The fraction of sp³-hybridized carbons (Fsp3) is 0.0455. The van der Waals surface area contributed by atoms with Crippen molar-refractivity contribution >= 4 is 43.9 Å². The normalized spacial score (nSPS) is 11.6. The summed E-state index contributed by atoms with van der Waals surface area (Å²) in [5, 5.41) is 5.16. The molecule has 0 radical (unpaired) electrons. The zero-order chi connectivity index (χ0) is 18.8. The number of hydrazone groups is 1. The molecular weight excluding hydrogens is 366 g/mol. The molecule has 2 heterocycles. The number of anilines is 1. The summed E-state index contributed by atoms with van der Waals surface area (Å²) in [5.41, 5.74) is 7.29. The molecular formula is C22H17N5S. The summed E-state index contributed by atoms with van der Waals surface area (Å²) in [7, 11) is 0. The third-order valence-corrected chi connectivity index (χ3v) is 5.44. The molecule has 0 spiro atoms. The van der Waals surface area contributed by atoms with Gasteiger partial charge in [-0.1, -0.05) is 65.9 Å². The molecule has 5 nitrogen and oxygen atoms in total. The van der Waals surface area contributed by atoms with Gasteiger partial charge in [-0.2, -0.15) is 5.10 Å². The maximum Gasteiger partial charge on any atom is 0.204 e. The van der Waals surface area contributed by atoms with Crippen molar-refractivity contribution in [2.24, 2.45) is 5.10 Å². The molecule has 0 saturated carbocycles. The molecule has 2 aromatic heterocycles. The standard InChI is InChI=1S/C22H17N5S/c1-2-8-16(9-3-1)15-27-19-12-6-4-10-17(19)24-21(27)14-23-26-22-25-18-11-5-7-13-20(18)28-22/h1-14H,15H2,(H,25,26)/b23-14+. The van der Waals surface area contributed by atoms with Crippen LogP contribution in [0.1, 0.15) is 11.4 Å². The van der Waals surface area contributed by atoms with E-state index in [1.807, 2.05) is 42.5 Å². The van der Waals surface area contributed by atoms with Crippen molar-refractivity contribution in [2.75, 3.05) is 5.43 Å². The number of para-hydroxylation sites is 3. The number of fused-ring (bicyclic) bond motifs is 2. The highest BCUT2D eigenvalue weighted by molar-refractivity contribution is 7.22. The van der Waals surface area contributed by atoms with Gasteiger partial charge in [-0.25, -0.2) is 9.97 Å². The third-order valence-electron chi connectivity index (χ3n) is 4.50. The molecule has 0 atom stereocenters. The Morgan fingerprint density at radius 3 is 2.46 bits per heavy atom. The van der Waals surface area contributed by atoms with E-state index in [1.165, 1.54) is 5.56 Å². The average Bonchev–Trinajstić information content (AvgIpc) is 3.30. The molecule has 1 N–H and O–H groups in total. The predicted molar refractivity (Wildman–Crippen MR) is 116 cm³/mol. The lowest BCUT2D eigenvalue weighted by molar-refractivity contribution is 0.816. The first-order valence-electron chi connectivity index (χ1n) is 9.01. The predicted octanol–water partition coefficient (Wildman–Crippen LogP) is 5.14. The van der Waals surface area contributed by atoms with Gasteiger partial charge in [0.15, 0.2) is 5.82 Å². The minimum Gasteiger partial charge on any atom is -0.319 e. The van der Waals surface area contributed by atoms with Gasteiger partial charge in [0.1, 0.15) is 0 Å². The maximum atomic E-state index is 4.74. The van der Waals surface area contributed by atoms with Crippen molar-refractivity contribution in [3.05, 3.63) is 90.3 Å². The highest BCUT2D eigenvalue weighted by atomic mass is 32.1. The summed E-state index contributed by atoms with van der Waals surface area (Å²) in [4.78, 5) is 9.28. The van der Waals surface area contributed by atoms with Crippen LogP contribution in [0.2, 0.25) is 0 Å². The van der Waals surface area contributed by atoms with E-state index in [0.717, 1.165) is 38.8 Å². The number of hydrogen-bond acceptors (Lipinski definition) is 5. The number of hydrogen-bond donors (Lipinski definition) is 1. The lowest BCUT2D eigenvalue weighted by Crippen LogP contribution is -2.05. The van der Waals surface area contributed by atoms with Gasteiger partial charge in [-0.05, 0) is 29.8 Å². The van der Waals surface area contributed by atoms with Gasteiger partial charge in [0, 0.05) is 6.54 Å². The molecule has 0 bridgehead atoms. The number of imidazole rings is 1. The van der Waals surface area contributed by atoms with E-state index in [9.17, 15) is 0 Å². The monoisotopic (exact) mass is 383 g/mol.